The molecular formula is C17H17N3O2S2. The molecule has 5 nitrogen and oxygen atoms in total. The number of carbonyl (C=O) groups is 1. The predicted octanol–water partition coefficient (Wildman–Crippen LogP) is 3.64. The summed E-state index contributed by atoms with van der Waals surface area (Å²) >= 11 is 2.70. The molecule has 24 heavy (non-hydrogen) atoms. The molecule has 3 rings (SSSR count). The number of rotatable bonds is 4. The number of nitrogens with one attached hydrogen (secondary N) is 2. The van der Waals surface area contributed by atoms with Crippen molar-refractivity contribution in [2.45, 2.75) is 25.9 Å². The summed E-state index contributed by atoms with van der Waals surface area (Å²) in [4.78, 5) is 33.1. The highest BCUT2D eigenvalue weighted by Crippen LogP contribution is 2.23. The maximum Gasteiger partial charge on any atom is 0.260 e. The van der Waals surface area contributed by atoms with E-state index in [4.69, 9.17) is 0 Å². The minimum absolute atomic E-state index is 0.123. The maximum atomic E-state index is 12.2. The molecule has 0 bridgehead atoms. The highest BCUT2D eigenvalue weighted by Gasteiger charge is 2.11. The molecule has 0 aliphatic carbocycles. The van der Waals surface area contributed by atoms with Gasteiger partial charge in [-0.3, -0.25) is 9.59 Å². The Morgan fingerprint density at radius 1 is 1.29 bits per heavy atom. The number of benzene rings is 1. The Labute approximate surface area is 147 Å². The Morgan fingerprint density at radius 2 is 2.00 bits per heavy atom. The van der Waals surface area contributed by atoms with E-state index in [2.05, 4.69) is 15.3 Å². The average Bonchev–Trinajstić information content (AvgIpc) is 2.90. The van der Waals surface area contributed by atoms with E-state index in [0.717, 1.165) is 21.7 Å². The quantitative estimate of drug-likeness (QED) is 0.551. The second kappa shape index (κ2) is 6.78. The molecule has 2 N–H and O–H groups in total. The third-order valence-corrected chi connectivity index (χ3v) is 5.41. The Morgan fingerprint density at radius 3 is 2.71 bits per heavy atom. The molecule has 3 aromatic rings. The van der Waals surface area contributed by atoms with E-state index in [1.807, 2.05) is 45.0 Å². The van der Waals surface area contributed by atoms with Crippen molar-refractivity contribution in [3.63, 3.8) is 0 Å². The highest BCUT2D eigenvalue weighted by molar-refractivity contribution is 7.99. The van der Waals surface area contributed by atoms with Gasteiger partial charge < -0.3 is 10.3 Å². The van der Waals surface area contributed by atoms with Crippen LogP contribution in [0.2, 0.25) is 0 Å². The van der Waals surface area contributed by atoms with Crippen molar-refractivity contribution >= 4 is 44.9 Å². The standard InChI is InChI=1S/C17H17N3O2S2/c1-9-5-4-6-10(2)14(9)18-13(21)8-23-17-19-15(22)12-7-11(3)24-16(12)20-17/h4-7H,8H2,1-3H3,(H,18,21)(H,19,20,22). The molecule has 0 aliphatic rings. The molecule has 1 amide bonds. The largest absolute Gasteiger partial charge is 0.325 e. The zero-order chi connectivity index (χ0) is 17.3. The summed E-state index contributed by atoms with van der Waals surface area (Å²) in [5.74, 6) is 0.0644. The number of nitrogens with zero attached hydrogens (tertiary/aromatic N) is 1. The highest BCUT2D eigenvalue weighted by atomic mass is 32.2. The van der Waals surface area contributed by atoms with E-state index >= 15 is 0 Å². The molecule has 124 valence electrons. The van der Waals surface area contributed by atoms with Gasteiger partial charge >= 0.3 is 0 Å². The summed E-state index contributed by atoms with van der Waals surface area (Å²) in [6.07, 6.45) is 0. The summed E-state index contributed by atoms with van der Waals surface area (Å²) in [6.45, 7) is 5.86. The van der Waals surface area contributed by atoms with Crippen molar-refractivity contribution in [1.29, 1.82) is 0 Å². The Balaban J connectivity index is 1.71. The summed E-state index contributed by atoms with van der Waals surface area (Å²) in [5.41, 5.74) is 2.72. The molecule has 0 radical (unpaired) electrons. The van der Waals surface area contributed by atoms with Gasteiger partial charge in [0.25, 0.3) is 5.56 Å². The number of hydrogen-bond acceptors (Lipinski definition) is 5. The molecule has 1 aromatic carbocycles. The van der Waals surface area contributed by atoms with Crippen molar-refractivity contribution < 1.29 is 4.79 Å². The van der Waals surface area contributed by atoms with Crippen LogP contribution in [0.1, 0.15) is 16.0 Å². The molecule has 0 unspecified atom stereocenters. The summed E-state index contributed by atoms with van der Waals surface area (Å²) in [5, 5.41) is 3.99. The molecule has 0 fully saturated rings. The van der Waals surface area contributed by atoms with Crippen molar-refractivity contribution in [2.75, 3.05) is 11.1 Å². The smallest absolute Gasteiger partial charge is 0.260 e. The number of anilines is 1. The Kier molecular flexibility index (Phi) is 4.73. The zero-order valence-electron chi connectivity index (χ0n) is 13.6. The number of fused-ring (bicyclic) bond motifs is 1. The number of carbonyl (C=O) groups excluding carboxylic acids is 1. The van der Waals surface area contributed by atoms with Gasteiger partial charge in [0.15, 0.2) is 5.16 Å². The van der Waals surface area contributed by atoms with Crippen LogP contribution in [-0.2, 0) is 4.79 Å². The van der Waals surface area contributed by atoms with Crippen LogP contribution in [0.5, 0.6) is 0 Å². The number of thioether (sulfide) groups is 1. The molecule has 7 heteroatoms. The van der Waals surface area contributed by atoms with Crippen molar-refractivity contribution in [2.24, 2.45) is 0 Å². The first-order valence-electron chi connectivity index (χ1n) is 7.43. The molecule has 0 atom stereocenters. The van der Waals surface area contributed by atoms with E-state index in [-0.39, 0.29) is 17.2 Å². The minimum atomic E-state index is -0.165. The monoisotopic (exact) mass is 359 g/mol. The lowest BCUT2D eigenvalue weighted by Gasteiger charge is -2.11. The summed E-state index contributed by atoms with van der Waals surface area (Å²) in [7, 11) is 0. The first-order valence-corrected chi connectivity index (χ1v) is 9.23. The Bertz CT molecular complexity index is 955. The number of thiophene rings is 1. The molecule has 0 saturated carbocycles. The number of para-hydroxylation sites is 1. The van der Waals surface area contributed by atoms with Gasteiger partial charge in [-0.2, -0.15) is 0 Å². The van der Waals surface area contributed by atoms with Crippen molar-refractivity contribution in [3.8, 4) is 0 Å². The fourth-order valence-electron chi connectivity index (χ4n) is 2.42. The van der Waals surface area contributed by atoms with Gasteiger partial charge in [0.05, 0.1) is 11.1 Å². The van der Waals surface area contributed by atoms with Crippen LogP contribution in [0, 0.1) is 20.8 Å². The van der Waals surface area contributed by atoms with E-state index < -0.39 is 0 Å². The number of amides is 1. The molecule has 2 heterocycles. The third-order valence-electron chi connectivity index (χ3n) is 3.59. The topological polar surface area (TPSA) is 74.8 Å². The van der Waals surface area contributed by atoms with Gasteiger partial charge in [-0.05, 0) is 38.0 Å². The SMILES string of the molecule is Cc1cc2c(=O)[nH]c(SCC(=O)Nc3c(C)cccc3C)nc2s1. The average molecular weight is 359 g/mol. The molecule has 2 aromatic heterocycles. The number of aryl methyl sites for hydroxylation is 3. The third kappa shape index (κ3) is 3.52. The Hall–Kier alpha value is -2.12. The van der Waals surface area contributed by atoms with Crippen LogP contribution in [-0.4, -0.2) is 21.6 Å². The van der Waals surface area contributed by atoms with E-state index in [9.17, 15) is 9.59 Å². The molecule has 0 saturated heterocycles. The van der Waals surface area contributed by atoms with E-state index in [1.54, 1.807) is 0 Å². The number of H-pyrrole nitrogens is 1. The van der Waals surface area contributed by atoms with Crippen LogP contribution >= 0.6 is 23.1 Å². The maximum absolute atomic E-state index is 12.2. The van der Waals surface area contributed by atoms with Crippen LogP contribution in [0.3, 0.4) is 0 Å². The number of hydrogen-bond donors (Lipinski definition) is 2. The van der Waals surface area contributed by atoms with E-state index in [0.29, 0.717) is 15.4 Å². The lowest BCUT2D eigenvalue weighted by atomic mass is 10.1. The minimum Gasteiger partial charge on any atom is -0.325 e. The second-order valence-corrected chi connectivity index (χ2v) is 7.75. The van der Waals surface area contributed by atoms with Crippen LogP contribution < -0.4 is 10.9 Å². The second-order valence-electron chi connectivity index (χ2n) is 5.55. The fourth-order valence-corrected chi connectivity index (χ4v) is 4.02. The number of aromatic nitrogens is 2. The zero-order valence-corrected chi connectivity index (χ0v) is 15.2. The number of aromatic amines is 1. The van der Waals surface area contributed by atoms with Crippen LogP contribution in [0.15, 0.2) is 34.2 Å². The van der Waals surface area contributed by atoms with Crippen molar-refractivity contribution in [1.82, 2.24) is 9.97 Å². The van der Waals surface area contributed by atoms with Gasteiger partial charge in [0, 0.05) is 10.6 Å². The van der Waals surface area contributed by atoms with Gasteiger partial charge in [-0.1, -0.05) is 30.0 Å². The summed E-state index contributed by atoms with van der Waals surface area (Å²) < 4.78 is 0. The first-order chi connectivity index (χ1) is 11.4. The lowest BCUT2D eigenvalue weighted by molar-refractivity contribution is -0.113. The normalized spacial score (nSPS) is 11.0. The predicted molar refractivity (Wildman–Crippen MR) is 100 cm³/mol. The fraction of sp³-hybridized carbons (Fsp3) is 0.235. The van der Waals surface area contributed by atoms with Gasteiger partial charge in [0.2, 0.25) is 5.91 Å². The molecule has 0 spiro atoms. The first kappa shape index (κ1) is 16.7. The van der Waals surface area contributed by atoms with Gasteiger partial charge in [0.1, 0.15) is 4.83 Å². The summed E-state index contributed by atoms with van der Waals surface area (Å²) in [6, 6.07) is 7.71. The van der Waals surface area contributed by atoms with Crippen molar-refractivity contribution in [3.05, 3.63) is 50.6 Å². The lowest BCUT2D eigenvalue weighted by Crippen LogP contribution is -2.16. The van der Waals surface area contributed by atoms with Crippen LogP contribution in [0.4, 0.5) is 5.69 Å². The molecule has 0 aliphatic heterocycles. The van der Waals surface area contributed by atoms with Gasteiger partial charge in [-0.15, -0.1) is 11.3 Å². The van der Waals surface area contributed by atoms with Gasteiger partial charge in [-0.25, -0.2) is 4.98 Å². The van der Waals surface area contributed by atoms with E-state index in [1.165, 1.54) is 23.1 Å². The van der Waals surface area contributed by atoms with Crippen LogP contribution in [0.25, 0.3) is 10.2 Å². The molecular weight excluding hydrogens is 342 g/mol.